The lowest BCUT2D eigenvalue weighted by Gasteiger charge is -2.21. The summed E-state index contributed by atoms with van der Waals surface area (Å²) in [7, 11) is 0.893. The Hall–Kier alpha value is -1.30. The lowest BCUT2D eigenvalue weighted by atomic mass is 9.84. The van der Waals surface area contributed by atoms with Gasteiger partial charge in [0.05, 0.1) is 13.1 Å². The minimum absolute atomic E-state index is 0.116. The molecular weight excluding hydrogens is 233 g/mol. The van der Waals surface area contributed by atoms with E-state index in [-0.39, 0.29) is 25.0 Å². The summed E-state index contributed by atoms with van der Waals surface area (Å²) < 4.78 is 10.1. The fourth-order valence-electron chi connectivity index (χ4n) is 1.63. The van der Waals surface area contributed by atoms with Crippen LogP contribution in [0.25, 0.3) is 0 Å². The molecule has 1 aliphatic rings. The van der Waals surface area contributed by atoms with Gasteiger partial charge in [0.25, 0.3) is 0 Å². The molecule has 0 amide bonds. The summed E-state index contributed by atoms with van der Waals surface area (Å²) in [4.78, 5) is 24.4. The van der Waals surface area contributed by atoms with Crippen molar-refractivity contribution in [2.75, 3.05) is 20.1 Å². The third-order valence-electron chi connectivity index (χ3n) is 2.54. The van der Waals surface area contributed by atoms with Crippen molar-refractivity contribution in [2.45, 2.75) is 32.5 Å². The highest BCUT2D eigenvalue weighted by atomic mass is 16.6. The quantitative estimate of drug-likeness (QED) is 0.419. The number of nitrogens with zero attached hydrogens (tertiary/aromatic N) is 1. The number of hydrogen-bond donors (Lipinski definition) is 0. The first-order valence-electron chi connectivity index (χ1n) is 6.34. The van der Waals surface area contributed by atoms with Crippen LogP contribution in [0, 0.1) is 0 Å². The number of unbranched alkanes of at least 4 members (excludes halogenated alkanes) is 2. The molecule has 6 heteroatoms. The van der Waals surface area contributed by atoms with Crippen molar-refractivity contribution < 1.29 is 18.9 Å². The molecule has 0 N–H and O–H groups in total. The second kappa shape index (κ2) is 7.92. The Morgan fingerprint density at radius 3 is 2.39 bits per heavy atom. The summed E-state index contributed by atoms with van der Waals surface area (Å²) in [5.41, 5.74) is 0. The Morgan fingerprint density at radius 1 is 1.22 bits per heavy atom. The van der Waals surface area contributed by atoms with Crippen LogP contribution in [0.3, 0.4) is 0 Å². The maximum Gasteiger partial charge on any atom is 0.602 e. The van der Waals surface area contributed by atoms with Gasteiger partial charge in [-0.3, -0.25) is 14.5 Å². The highest BCUT2D eigenvalue weighted by molar-refractivity contribution is 6.49. The number of likely N-dealkylation sites (N-methyl/N-ethyl adjacent to an activating group) is 1. The number of allylic oxidation sites excluding steroid dienone is 2. The maximum absolute atomic E-state index is 11.4. The normalized spacial score (nSPS) is 18.4. The average molecular weight is 253 g/mol. The molecular formula is C12H20BNO4. The molecule has 5 nitrogen and oxygen atoms in total. The lowest BCUT2D eigenvalue weighted by Crippen LogP contribution is -2.42. The standard InChI is InChI=1S/C12H20BNO4/c1-3-4-5-6-7-8-13-17-11(15)9-14(2)10-12(16)18-13/h6-7H,3-5,8-10H2,1-2H3/b7-6+. The number of rotatable bonds is 5. The summed E-state index contributed by atoms with van der Waals surface area (Å²) in [6, 6.07) is 0. The molecule has 0 bridgehead atoms. The van der Waals surface area contributed by atoms with E-state index in [1.807, 2.05) is 12.2 Å². The Labute approximate surface area is 108 Å². The summed E-state index contributed by atoms with van der Waals surface area (Å²) >= 11 is 0. The van der Waals surface area contributed by atoms with Gasteiger partial charge in [0.1, 0.15) is 0 Å². The fraction of sp³-hybridized carbons (Fsp3) is 0.667. The van der Waals surface area contributed by atoms with Crippen molar-refractivity contribution in [1.82, 2.24) is 4.90 Å². The van der Waals surface area contributed by atoms with Gasteiger partial charge in [-0.1, -0.05) is 31.9 Å². The highest BCUT2D eigenvalue weighted by Gasteiger charge is 2.30. The first-order chi connectivity index (χ1) is 8.61. The minimum atomic E-state index is -0.781. The molecule has 1 fully saturated rings. The van der Waals surface area contributed by atoms with Gasteiger partial charge in [-0.2, -0.15) is 0 Å². The Morgan fingerprint density at radius 2 is 1.83 bits per heavy atom. The van der Waals surface area contributed by atoms with Gasteiger partial charge < -0.3 is 9.31 Å². The number of carbonyl (C=O) groups is 2. The zero-order chi connectivity index (χ0) is 13.4. The Bertz CT molecular complexity index is 299. The van der Waals surface area contributed by atoms with Gasteiger partial charge in [-0.05, 0) is 13.5 Å². The Balaban J connectivity index is 2.40. The molecule has 0 atom stereocenters. The lowest BCUT2D eigenvalue weighted by molar-refractivity contribution is -0.145. The van der Waals surface area contributed by atoms with Crippen LogP contribution in [0.2, 0.25) is 6.32 Å². The first kappa shape index (κ1) is 14.8. The molecule has 0 unspecified atom stereocenters. The minimum Gasteiger partial charge on any atom is -0.498 e. The Kier molecular flexibility index (Phi) is 6.50. The van der Waals surface area contributed by atoms with Gasteiger partial charge in [-0.15, -0.1) is 0 Å². The molecule has 0 aromatic carbocycles. The van der Waals surface area contributed by atoms with E-state index in [1.165, 1.54) is 0 Å². The van der Waals surface area contributed by atoms with Gasteiger partial charge in [0, 0.05) is 6.32 Å². The SMILES string of the molecule is CCCC/C=C/CB1OC(=O)CN(C)CC(=O)O1. The van der Waals surface area contributed by atoms with Gasteiger partial charge in [0.15, 0.2) is 0 Å². The topological polar surface area (TPSA) is 55.8 Å². The van der Waals surface area contributed by atoms with E-state index in [1.54, 1.807) is 11.9 Å². The number of carbonyl (C=O) groups excluding carboxylic acids is 2. The van der Waals surface area contributed by atoms with Crippen molar-refractivity contribution in [3.8, 4) is 0 Å². The van der Waals surface area contributed by atoms with E-state index in [0.29, 0.717) is 6.32 Å². The summed E-state index contributed by atoms with van der Waals surface area (Å²) in [5.74, 6) is -0.728. The van der Waals surface area contributed by atoms with Crippen molar-refractivity contribution >= 4 is 19.1 Å². The van der Waals surface area contributed by atoms with Crippen LogP contribution in [-0.2, 0) is 18.9 Å². The summed E-state index contributed by atoms with van der Waals surface area (Å²) in [6.07, 6.45) is 7.61. The second-order valence-corrected chi connectivity index (χ2v) is 4.43. The zero-order valence-electron chi connectivity index (χ0n) is 11.1. The second-order valence-electron chi connectivity index (χ2n) is 4.43. The fourth-order valence-corrected chi connectivity index (χ4v) is 1.63. The van der Waals surface area contributed by atoms with E-state index < -0.39 is 7.12 Å². The smallest absolute Gasteiger partial charge is 0.498 e. The molecule has 1 aliphatic heterocycles. The van der Waals surface area contributed by atoms with Crippen molar-refractivity contribution in [3.63, 3.8) is 0 Å². The van der Waals surface area contributed by atoms with Gasteiger partial charge >= 0.3 is 19.1 Å². The van der Waals surface area contributed by atoms with E-state index in [0.717, 1.165) is 19.3 Å². The van der Waals surface area contributed by atoms with Crippen LogP contribution in [0.4, 0.5) is 0 Å². The monoisotopic (exact) mass is 253 g/mol. The average Bonchev–Trinajstić information content (AvgIpc) is 2.26. The molecule has 0 aromatic heterocycles. The third kappa shape index (κ3) is 5.86. The summed E-state index contributed by atoms with van der Waals surface area (Å²) in [6.45, 7) is 2.36. The molecule has 0 aliphatic carbocycles. The van der Waals surface area contributed by atoms with Crippen molar-refractivity contribution in [2.24, 2.45) is 0 Å². The number of hydrogen-bond acceptors (Lipinski definition) is 5. The predicted octanol–water partition coefficient (Wildman–Crippen LogP) is 1.25. The third-order valence-corrected chi connectivity index (χ3v) is 2.54. The van der Waals surface area contributed by atoms with E-state index in [4.69, 9.17) is 9.31 Å². The predicted molar refractivity (Wildman–Crippen MR) is 68.9 cm³/mol. The molecule has 0 saturated carbocycles. The molecule has 18 heavy (non-hydrogen) atoms. The van der Waals surface area contributed by atoms with Crippen LogP contribution < -0.4 is 0 Å². The van der Waals surface area contributed by atoms with Crippen LogP contribution in [0.1, 0.15) is 26.2 Å². The van der Waals surface area contributed by atoms with Crippen LogP contribution in [0.15, 0.2) is 12.2 Å². The van der Waals surface area contributed by atoms with E-state index >= 15 is 0 Å². The van der Waals surface area contributed by atoms with Gasteiger partial charge in [-0.25, -0.2) is 0 Å². The summed E-state index contributed by atoms with van der Waals surface area (Å²) in [5, 5.41) is 0. The van der Waals surface area contributed by atoms with Crippen LogP contribution in [0.5, 0.6) is 0 Å². The molecule has 0 aromatic rings. The molecule has 0 spiro atoms. The molecule has 100 valence electrons. The van der Waals surface area contributed by atoms with Crippen LogP contribution in [-0.4, -0.2) is 44.1 Å². The van der Waals surface area contributed by atoms with Crippen molar-refractivity contribution in [1.29, 1.82) is 0 Å². The molecule has 1 heterocycles. The largest absolute Gasteiger partial charge is 0.602 e. The van der Waals surface area contributed by atoms with E-state index in [9.17, 15) is 9.59 Å². The molecule has 1 saturated heterocycles. The van der Waals surface area contributed by atoms with Crippen molar-refractivity contribution in [3.05, 3.63) is 12.2 Å². The maximum atomic E-state index is 11.4. The first-order valence-corrected chi connectivity index (χ1v) is 6.34. The van der Waals surface area contributed by atoms with E-state index in [2.05, 4.69) is 6.92 Å². The zero-order valence-corrected chi connectivity index (χ0v) is 11.1. The molecule has 1 rings (SSSR count). The van der Waals surface area contributed by atoms with Crippen LogP contribution >= 0.6 is 0 Å². The van der Waals surface area contributed by atoms with Gasteiger partial charge in [0.2, 0.25) is 0 Å². The highest BCUT2D eigenvalue weighted by Crippen LogP contribution is 2.06. The molecule has 0 radical (unpaired) electrons.